The summed E-state index contributed by atoms with van der Waals surface area (Å²) in [4.78, 5) is 17.1. The number of benzene rings is 3. The van der Waals surface area contributed by atoms with Gasteiger partial charge in [-0.25, -0.2) is 4.98 Å². The smallest absolute Gasteiger partial charge is 0.222 e. The Balaban J connectivity index is 1.44. The molecule has 1 N–H and O–H groups in total. The predicted octanol–water partition coefficient (Wildman–Crippen LogP) is 4.53. The minimum Gasteiger partial charge on any atom is -0.349 e. The maximum absolute atomic E-state index is 12.7. The molecule has 4 heteroatoms. The third-order valence-electron chi connectivity index (χ3n) is 4.93. The Morgan fingerprint density at radius 3 is 2.36 bits per heavy atom. The summed E-state index contributed by atoms with van der Waals surface area (Å²) in [6.45, 7) is 0.610. The highest BCUT2D eigenvalue weighted by atomic mass is 16.1. The van der Waals surface area contributed by atoms with Crippen LogP contribution in [-0.4, -0.2) is 15.5 Å². The molecule has 0 saturated heterocycles. The Morgan fingerprint density at radius 1 is 0.893 bits per heavy atom. The molecule has 0 aliphatic carbocycles. The second kappa shape index (κ2) is 8.53. The minimum absolute atomic E-state index is 0.0440. The largest absolute Gasteiger partial charge is 0.349 e. The molecule has 1 amide bonds. The molecule has 0 bridgehead atoms. The van der Waals surface area contributed by atoms with Gasteiger partial charge in [-0.2, -0.15) is 0 Å². The molecule has 28 heavy (non-hydrogen) atoms. The van der Waals surface area contributed by atoms with Gasteiger partial charge in [0.05, 0.1) is 23.4 Å². The molecular weight excluding hydrogens is 346 g/mol. The number of aryl methyl sites for hydroxylation is 1. The van der Waals surface area contributed by atoms with E-state index in [0.29, 0.717) is 13.0 Å². The van der Waals surface area contributed by atoms with Gasteiger partial charge < -0.3 is 9.88 Å². The zero-order valence-corrected chi connectivity index (χ0v) is 15.7. The van der Waals surface area contributed by atoms with Crippen molar-refractivity contribution in [3.05, 3.63) is 102 Å². The molecule has 1 unspecified atom stereocenters. The van der Waals surface area contributed by atoms with Crippen LogP contribution in [-0.2, 0) is 17.8 Å². The maximum Gasteiger partial charge on any atom is 0.222 e. The number of hydrogen-bond donors (Lipinski definition) is 1. The monoisotopic (exact) mass is 369 g/mol. The second-order valence-electron chi connectivity index (χ2n) is 6.90. The third-order valence-corrected chi connectivity index (χ3v) is 4.93. The van der Waals surface area contributed by atoms with E-state index in [9.17, 15) is 4.79 Å². The highest BCUT2D eigenvalue weighted by molar-refractivity contribution is 5.78. The first-order valence-electron chi connectivity index (χ1n) is 9.58. The quantitative estimate of drug-likeness (QED) is 0.520. The third kappa shape index (κ3) is 4.29. The minimum atomic E-state index is -0.0457. The fraction of sp³-hybridized carbons (Fsp3) is 0.167. The Hall–Kier alpha value is -3.40. The van der Waals surface area contributed by atoms with Crippen molar-refractivity contribution in [2.45, 2.75) is 25.4 Å². The van der Waals surface area contributed by atoms with E-state index in [0.717, 1.165) is 23.0 Å². The Morgan fingerprint density at radius 2 is 1.57 bits per heavy atom. The molecule has 1 heterocycles. The van der Waals surface area contributed by atoms with E-state index in [2.05, 4.69) is 34.6 Å². The first-order chi connectivity index (χ1) is 13.8. The fourth-order valence-corrected chi connectivity index (χ4v) is 3.46. The van der Waals surface area contributed by atoms with Crippen molar-refractivity contribution in [1.29, 1.82) is 0 Å². The van der Waals surface area contributed by atoms with Crippen molar-refractivity contribution in [2.24, 2.45) is 0 Å². The molecule has 0 spiro atoms. The zero-order valence-electron chi connectivity index (χ0n) is 15.7. The summed E-state index contributed by atoms with van der Waals surface area (Å²) in [5.74, 6) is 0.0440. The van der Waals surface area contributed by atoms with Crippen molar-refractivity contribution in [3.8, 4) is 0 Å². The lowest BCUT2D eigenvalue weighted by atomic mass is 9.98. The standard InChI is InChI=1S/C24H23N3O/c28-24(15-16-27-18-25-21-13-7-8-14-23(21)27)26-22(20-11-5-2-6-12-20)17-19-9-3-1-4-10-19/h1-14,18,22H,15-17H2,(H,26,28). The summed E-state index contributed by atoms with van der Waals surface area (Å²) >= 11 is 0. The fourth-order valence-electron chi connectivity index (χ4n) is 3.46. The first kappa shape index (κ1) is 18.0. The Labute approximate surface area is 164 Å². The molecule has 0 fully saturated rings. The molecule has 0 saturated carbocycles. The molecule has 4 nitrogen and oxygen atoms in total. The van der Waals surface area contributed by atoms with Crippen LogP contribution in [0.25, 0.3) is 11.0 Å². The molecule has 0 radical (unpaired) electrons. The number of amides is 1. The van der Waals surface area contributed by atoms with Crippen LogP contribution < -0.4 is 5.32 Å². The molecule has 1 atom stereocenters. The van der Waals surface area contributed by atoms with Crippen LogP contribution >= 0.6 is 0 Å². The number of hydrogen-bond acceptors (Lipinski definition) is 2. The summed E-state index contributed by atoms with van der Waals surface area (Å²) in [6, 6.07) is 28.3. The number of aromatic nitrogens is 2. The number of carbonyl (C=O) groups excluding carboxylic acids is 1. The SMILES string of the molecule is O=C(CCn1cnc2ccccc21)NC(Cc1ccccc1)c1ccccc1. The predicted molar refractivity (Wildman–Crippen MR) is 112 cm³/mol. The molecule has 3 aromatic carbocycles. The van der Waals surface area contributed by atoms with Crippen LogP contribution in [0.15, 0.2) is 91.3 Å². The van der Waals surface area contributed by atoms with E-state index in [1.54, 1.807) is 6.33 Å². The Bertz CT molecular complexity index is 1040. The first-order valence-corrected chi connectivity index (χ1v) is 9.58. The summed E-state index contributed by atoms with van der Waals surface area (Å²) in [5, 5.41) is 3.22. The number of carbonyl (C=O) groups is 1. The lowest BCUT2D eigenvalue weighted by Gasteiger charge is -2.20. The number of rotatable bonds is 7. The summed E-state index contributed by atoms with van der Waals surface area (Å²) < 4.78 is 2.03. The van der Waals surface area contributed by atoms with Crippen molar-refractivity contribution >= 4 is 16.9 Å². The van der Waals surface area contributed by atoms with E-state index in [1.807, 2.05) is 65.2 Å². The molecular formula is C24H23N3O. The average Bonchev–Trinajstić information content (AvgIpc) is 3.16. The van der Waals surface area contributed by atoms with Crippen LogP contribution in [0.5, 0.6) is 0 Å². The van der Waals surface area contributed by atoms with E-state index >= 15 is 0 Å². The van der Waals surface area contributed by atoms with Gasteiger partial charge in [0.25, 0.3) is 0 Å². The maximum atomic E-state index is 12.7. The van der Waals surface area contributed by atoms with Gasteiger partial charge in [0, 0.05) is 13.0 Å². The number of nitrogens with one attached hydrogen (secondary N) is 1. The van der Waals surface area contributed by atoms with E-state index in [-0.39, 0.29) is 11.9 Å². The van der Waals surface area contributed by atoms with Gasteiger partial charge in [0.15, 0.2) is 0 Å². The van der Waals surface area contributed by atoms with Gasteiger partial charge in [-0.05, 0) is 29.7 Å². The van der Waals surface area contributed by atoms with Crippen molar-refractivity contribution in [2.75, 3.05) is 0 Å². The Kier molecular flexibility index (Phi) is 5.48. The van der Waals surface area contributed by atoms with Crippen LogP contribution in [0, 0.1) is 0 Å². The summed E-state index contributed by atoms with van der Waals surface area (Å²) in [6.07, 6.45) is 2.99. The molecule has 0 aliphatic heterocycles. The van der Waals surface area contributed by atoms with E-state index in [4.69, 9.17) is 0 Å². The molecule has 0 aliphatic rings. The topological polar surface area (TPSA) is 46.9 Å². The van der Waals surface area contributed by atoms with Gasteiger partial charge in [0.1, 0.15) is 0 Å². The number of imidazole rings is 1. The van der Waals surface area contributed by atoms with Crippen molar-refractivity contribution in [1.82, 2.24) is 14.9 Å². The normalized spacial score (nSPS) is 12.0. The lowest BCUT2D eigenvalue weighted by molar-refractivity contribution is -0.122. The molecule has 140 valence electrons. The van der Waals surface area contributed by atoms with Crippen LogP contribution in [0.3, 0.4) is 0 Å². The van der Waals surface area contributed by atoms with E-state index in [1.165, 1.54) is 5.56 Å². The van der Waals surface area contributed by atoms with Crippen molar-refractivity contribution < 1.29 is 4.79 Å². The van der Waals surface area contributed by atoms with Gasteiger partial charge in [-0.15, -0.1) is 0 Å². The van der Waals surface area contributed by atoms with Gasteiger partial charge in [-0.1, -0.05) is 72.8 Å². The molecule has 4 aromatic rings. The van der Waals surface area contributed by atoms with E-state index < -0.39 is 0 Å². The van der Waals surface area contributed by atoms with Crippen LogP contribution in [0.1, 0.15) is 23.6 Å². The van der Waals surface area contributed by atoms with Crippen LogP contribution in [0.4, 0.5) is 0 Å². The summed E-state index contributed by atoms with van der Waals surface area (Å²) in [7, 11) is 0. The highest BCUT2D eigenvalue weighted by Gasteiger charge is 2.15. The van der Waals surface area contributed by atoms with Gasteiger partial charge in [-0.3, -0.25) is 4.79 Å². The average molecular weight is 369 g/mol. The summed E-state index contributed by atoms with van der Waals surface area (Å²) in [5.41, 5.74) is 4.33. The number of para-hydroxylation sites is 2. The van der Waals surface area contributed by atoms with Crippen LogP contribution in [0.2, 0.25) is 0 Å². The number of fused-ring (bicyclic) bond motifs is 1. The molecule has 1 aromatic heterocycles. The van der Waals surface area contributed by atoms with Crippen molar-refractivity contribution in [3.63, 3.8) is 0 Å². The second-order valence-corrected chi connectivity index (χ2v) is 6.90. The van der Waals surface area contributed by atoms with Gasteiger partial charge >= 0.3 is 0 Å². The zero-order chi connectivity index (χ0) is 19.2. The molecule has 4 rings (SSSR count). The number of nitrogens with zero attached hydrogens (tertiary/aromatic N) is 2. The lowest BCUT2D eigenvalue weighted by Crippen LogP contribution is -2.30. The highest BCUT2D eigenvalue weighted by Crippen LogP contribution is 2.19. The van der Waals surface area contributed by atoms with Gasteiger partial charge in [0.2, 0.25) is 5.91 Å².